The lowest BCUT2D eigenvalue weighted by Crippen LogP contribution is -2.36. The van der Waals surface area contributed by atoms with Crippen molar-refractivity contribution in [3.8, 4) is 11.1 Å². The summed E-state index contributed by atoms with van der Waals surface area (Å²) in [6, 6.07) is 7.05. The number of nitrogens with zero attached hydrogens (tertiary/aromatic N) is 7. The van der Waals surface area contributed by atoms with Gasteiger partial charge in [0.2, 0.25) is 5.91 Å². The molecular formula is C23H22N8O3S. The topological polar surface area (TPSA) is 131 Å². The Morgan fingerprint density at radius 1 is 1.09 bits per heavy atom. The van der Waals surface area contributed by atoms with E-state index in [1.807, 2.05) is 4.90 Å². The van der Waals surface area contributed by atoms with E-state index in [4.69, 9.17) is 0 Å². The van der Waals surface area contributed by atoms with Gasteiger partial charge >= 0.3 is 10.0 Å². The van der Waals surface area contributed by atoms with Gasteiger partial charge in [-0.25, -0.2) is 4.98 Å². The smallest absolute Gasteiger partial charge is 0.301 e. The number of piperidine rings is 1. The van der Waals surface area contributed by atoms with Crippen molar-refractivity contribution in [1.82, 2.24) is 38.7 Å². The summed E-state index contributed by atoms with van der Waals surface area (Å²) in [6.45, 7) is 2.98. The second-order valence-electron chi connectivity index (χ2n) is 8.62. The number of carbonyl (C=O) groups is 1. The van der Waals surface area contributed by atoms with Crippen molar-refractivity contribution in [2.24, 2.45) is 0 Å². The third-order valence-corrected chi connectivity index (χ3v) is 8.17. The molecule has 0 bridgehead atoms. The molecule has 0 radical (unpaired) electrons. The van der Waals surface area contributed by atoms with Crippen LogP contribution in [-0.4, -0.2) is 66.1 Å². The summed E-state index contributed by atoms with van der Waals surface area (Å²) < 4.78 is 29.6. The minimum Gasteiger partial charge on any atom is -0.343 e. The Bertz CT molecular complexity index is 1680. The average Bonchev–Trinajstić information content (AvgIpc) is 3.61. The molecule has 0 aromatic carbocycles. The number of pyridine rings is 2. The van der Waals surface area contributed by atoms with Crippen molar-refractivity contribution >= 4 is 32.6 Å². The zero-order chi connectivity index (χ0) is 24.2. The highest BCUT2D eigenvalue weighted by Gasteiger charge is 2.27. The standard InChI is InChI=1S/C23H22N8O3S/c1-15(32)29-8-5-16(6-9-29)23-18(12-26-28-23)17-10-20-19(24-11-17)13-27-31(20)35(33,34)22-14-25-21-4-2-3-7-30(21)22/h2-4,7,10-14,16H,5-6,8-9H2,1H3,(H,26,28). The molecule has 35 heavy (non-hydrogen) atoms. The molecule has 1 aliphatic rings. The Morgan fingerprint density at radius 2 is 1.91 bits per heavy atom. The predicted molar refractivity (Wildman–Crippen MR) is 127 cm³/mol. The summed E-state index contributed by atoms with van der Waals surface area (Å²) in [4.78, 5) is 22.2. The van der Waals surface area contributed by atoms with Crippen LogP contribution in [0.4, 0.5) is 0 Å². The largest absolute Gasteiger partial charge is 0.343 e. The molecule has 0 unspecified atom stereocenters. The van der Waals surface area contributed by atoms with Gasteiger partial charge in [0, 0.05) is 55.1 Å². The average molecular weight is 491 g/mol. The van der Waals surface area contributed by atoms with Crippen LogP contribution in [0, 0.1) is 0 Å². The Kier molecular flexibility index (Phi) is 4.92. The molecule has 0 spiro atoms. The van der Waals surface area contributed by atoms with Crippen molar-refractivity contribution in [3.63, 3.8) is 0 Å². The fraction of sp³-hybridized carbons (Fsp3) is 0.261. The van der Waals surface area contributed by atoms with Crippen LogP contribution in [-0.2, 0) is 14.8 Å². The highest BCUT2D eigenvalue weighted by molar-refractivity contribution is 7.90. The van der Waals surface area contributed by atoms with Gasteiger partial charge in [-0.1, -0.05) is 6.07 Å². The Labute approximate surface area is 200 Å². The fourth-order valence-corrected chi connectivity index (χ4v) is 6.08. The molecule has 6 rings (SSSR count). The van der Waals surface area contributed by atoms with Gasteiger partial charge in [0.15, 0.2) is 5.03 Å². The van der Waals surface area contributed by atoms with E-state index in [0.717, 1.165) is 33.7 Å². The van der Waals surface area contributed by atoms with Crippen molar-refractivity contribution < 1.29 is 13.2 Å². The molecule has 6 heterocycles. The number of hydrogen-bond donors (Lipinski definition) is 1. The van der Waals surface area contributed by atoms with Crippen molar-refractivity contribution in [2.45, 2.75) is 30.7 Å². The zero-order valence-electron chi connectivity index (χ0n) is 18.9. The van der Waals surface area contributed by atoms with E-state index >= 15 is 0 Å². The van der Waals surface area contributed by atoms with E-state index in [1.54, 1.807) is 49.8 Å². The first-order chi connectivity index (χ1) is 16.9. The molecule has 11 nitrogen and oxygen atoms in total. The summed E-state index contributed by atoms with van der Waals surface area (Å²) in [5.41, 5.74) is 3.93. The maximum atomic E-state index is 13.5. The summed E-state index contributed by atoms with van der Waals surface area (Å²) >= 11 is 0. The van der Waals surface area contributed by atoms with Gasteiger partial charge in [-0.3, -0.25) is 19.3 Å². The number of aromatic nitrogens is 7. The molecule has 1 amide bonds. The molecule has 178 valence electrons. The third kappa shape index (κ3) is 3.48. The first kappa shape index (κ1) is 21.5. The molecule has 0 atom stereocenters. The number of likely N-dealkylation sites (tertiary alicyclic amines) is 1. The molecule has 12 heteroatoms. The van der Waals surface area contributed by atoms with Crippen LogP contribution in [0.2, 0.25) is 0 Å². The van der Waals surface area contributed by atoms with Crippen LogP contribution in [0.3, 0.4) is 0 Å². The minimum absolute atomic E-state index is 0.0183. The molecule has 5 aromatic rings. The van der Waals surface area contributed by atoms with Crippen molar-refractivity contribution in [3.05, 3.63) is 60.9 Å². The highest BCUT2D eigenvalue weighted by Crippen LogP contribution is 2.34. The summed E-state index contributed by atoms with van der Waals surface area (Å²) in [5, 5.41) is 11.5. The van der Waals surface area contributed by atoms with Gasteiger partial charge in [0.25, 0.3) is 0 Å². The predicted octanol–water partition coefficient (Wildman–Crippen LogP) is 2.43. The maximum Gasteiger partial charge on any atom is 0.301 e. The lowest BCUT2D eigenvalue weighted by Gasteiger charge is -2.31. The number of hydrogen-bond acceptors (Lipinski definition) is 7. The van der Waals surface area contributed by atoms with Gasteiger partial charge in [-0.15, -0.1) is 0 Å². The van der Waals surface area contributed by atoms with Gasteiger partial charge in [0.05, 0.1) is 18.6 Å². The quantitative estimate of drug-likeness (QED) is 0.409. The molecule has 1 N–H and O–H groups in total. The molecular weight excluding hydrogens is 468 g/mol. The van der Waals surface area contributed by atoms with E-state index in [9.17, 15) is 13.2 Å². The summed E-state index contributed by atoms with van der Waals surface area (Å²) in [6.07, 6.45) is 9.50. The zero-order valence-corrected chi connectivity index (χ0v) is 19.7. The molecule has 0 saturated carbocycles. The number of rotatable bonds is 4. The molecule has 1 fully saturated rings. The number of H-pyrrole nitrogens is 1. The van der Waals surface area contributed by atoms with Gasteiger partial charge < -0.3 is 4.90 Å². The van der Waals surface area contributed by atoms with Crippen LogP contribution >= 0.6 is 0 Å². The van der Waals surface area contributed by atoms with E-state index in [1.165, 1.54) is 16.8 Å². The third-order valence-electron chi connectivity index (χ3n) is 6.59. The minimum atomic E-state index is -4.03. The van der Waals surface area contributed by atoms with Crippen LogP contribution in [0.25, 0.3) is 27.8 Å². The molecule has 0 aliphatic carbocycles. The van der Waals surface area contributed by atoms with E-state index in [-0.39, 0.29) is 16.9 Å². The highest BCUT2D eigenvalue weighted by atomic mass is 32.2. The lowest BCUT2D eigenvalue weighted by atomic mass is 9.90. The summed E-state index contributed by atoms with van der Waals surface area (Å²) in [5.74, 6) is 0.300. The van der Waals surface area contributed by atoms with Gasteiger partial charge in [-0.05, 0) is 31.0 Å². The molecule has 5 aromatic heterocycles. The van der Waals surface area contributed by atoms with Crippen LogP contribution in [0.1, 0.15) is 31.4 Å². The second-order valence-corrected chi connectivity index (χ2v) is 10.3. The Morgan fingerprint density at radius 3 is 2.71 bits per heavy atom. The maximum absolute atomic E-state index is 13.5. The number of carbonyl (C=O) groups excluding carboxylic acids is 1. The molecule has 1 saturated heterocycles. The first-order valence-electron chi connectivity index (χ1n) is 11.2. The van der Waals surface area contributed by atoms with Gasteiger partial charge in [0.1, 0.15) is 16.7 Å². The van der Waals surface area contributed by atoms with Crippen LogP contribution in [0.15, 0.2) is 60.3 Å². The Hall–Kier alpha value is -4.06. The number of imidazole rings is 1. The van der Waals surface area contributed by atoms with Gasteiger partial charge in [-0.2, -0.15) is 22.7 Å². The number of amides is 1. The molecule has 1 aliphatic heterocycles. The van der Waals surface area contributed by atoms with Crippen LogP contribution < -0.4 is 0 Å². The number of nitrogens with one attached hydrogen (secondary N) is 1. The number of fused-ring (bicyclic) bond motifs is 2. The van der Waals surface area contributed by atoms with E-state index < -0.39 is 10.0 Å². The SMILES string of the molecule is CC(=O)N1CCC(c2[nH]ncc2-c2cnc3cnn(S(=O)(=O)c4cnc5ccccn45)c3c2)CC1. The fourth-order valence-electron chi connectivity index (χ4n) is 4.73. The van der Waals surface area contributed by atoms with Crippen molar-refractivity contribution in [1.29, 1.82) is 0 Å². The number of aromatic amines is 1. The van der Waals surface area contributed by atoms with Crippen LogP contribution in [0.5, 0.6) is 0 Å². The first-order valence-corrected chi connectivity index (χ1v) is 12.7. The van der Waals surface area contributed by atoms with E-state index in [2.05, 4.69) is 25.3 Å². The normalized spacial score (nSPS) is 15.3. The second kappa shape index (κ2) is 8.01. The lowest BCUT2D eigenvalue weighted by molar-refractivity contribution is -0.129. The van der Waals surface area contributed by atoms with Crippen molar-refractivity contribution in [2.75, 3.05) is 13.1 Å². The monoisotopic (exact) mass is 490 g/mol. The van der Waals surface area contributed by atoms with E-state index in [0.29, 0.717) is 29.8 Å². The summed E-state index contributed by atoms with van der Waals surface area (Å²) in [7, 11) is -4.03. The Balaban J connectivity index is 1.39.